The molecule has 0 aliphatic carbocycles. The Kier molecular flexibility index (Phi) is 8.93. The van der Waals surface area contributed by atoms with Crippen molar-refractivity contribution in [2.75, 3.05) is 45.9 Å². The molecule has 1 aromatic carbocycles. The minimum atomic E-state index is -0.655. The minimum absolute atomic E-state index is 0.0474. The van der Waals surface area contributed by atoms with E-state index in [1.807, 2.05) is 56.0 Å². The van der Waals surface area contributed by atoms with Crippen molar-refractivity contribution in [1.82, 2.24) is 14.7 Å². The summed E-state index contributed by atoms with van der Waals surface area (Å²) in [6.07, 6.45) is 4.37. The van der Waals surface area contributed by atoms with Crippen molar-refractivity contribution in [3.05, 3.63) is 35.9 Å². The van der Waals surface area contributed by atoms with Gasteiger partial charge in [-0.3, -0.25) is 9.69 Å². The van der Waals surface area contributed by atoms with Crippen molar-refractivity contribution in [2.24, 2.45) is 0 Å². The lowest BCUT2D eigenvalue weighted by Gasteiger charge is -2.41. The number of piperazine rings is 1. The lowest BCUT2D eigenvalue weighted by Crippen LogP contribution is -2.61. The Bertz CT molecular complexity index is 728. The zero-order valence-electron chi connectivity index (χ0n) is 19.9. The highest BCUT2D eigenvalue weighted by Gasteiger charge is 2.39. The number of carbonyl (C=O) groups is 2. The number of ether oxygens (including phenoxy) is 2. The van der Waals surface area contributed by atoms with E-state index in [0.717, 1.165) is 31.6 Å². The van der Waals surface area contributed by atoms with Gasteiger partial charge in [0, 0.05) is 19.6 Å². The summed E-state index contributed by atoms with van der Waals surface area (Å²) in [5.74, 6) is -0.0474. The molecule has 2 saturated heterocycles. The fourth-order valence-corrected chi connectivity index (χ4v) is 4.29. The molecule has 0 N–H and O–H groups in total. The second-order valence-electron chi connectivity index (χ2n) is 9.77. The smallest absolute Gasteiger partial charge is 0.411 e. The van der Waals surface area contributed by atoms with Crippen LogP contribution in [0.25, 0.3) is 0 Å². The summed E-state index contributed by atoms with van der Waals surface area (Å²) in [7, 11) is 0. The highest BCUT2D eigenvalue weighted by molar-refractivity contribution is 5.87. The van der Waals surface area contributed by atoms with Crippen LogP contribution in [0.3, 0.4) is 0 Å². The number of carbonyl (C=O) groups excluding carboxylic acids is 2. The predicted molar refractivity (Wildman–Crippen MR) is 124 cm³/mol. The normalized spacial score (nSPS) is 20.5. The van der Waals surface area contributed by atoms with Gasteiger partial charge in [-0.25, -0.2) is 4.79 Å². The molecule has 2 aliphatic heterocycles. The monoisotopic (exact) mass is 445 g/mol. The van der Waals surface area contributed by atoms with Crippen LogP contribution >= 0.6 is 0 Å². The van der Waals surface area contributed by atoms with Gasteiger partial charge in [-0.1, -0.05) is 36.8 Å². The van der Waals surface area contributed by atoms with Crippen molar-refractivity contribution >= 4 is 12.0 Å². The third-order valence-corrected chi connectivity index (χ3v) is 5.95. The van der Waals surface area contributed by atoms with Crippen LogP contribution in [0.2, 0.25) is 0 Å². The van der Waals surface area contributed by atoms with Gasteiger partial charge >= 0.3 is 6.09 Å². The highest BCUT2D eigenvalue weighted by atomic mass is 16.6. The molecule has 1 atom stereocenters. The quantitative estimate of drug-likeness (QED) is 0.613. The van der Waals surface area contributed by atoms with Gasteiger partial charge in [0.1, 0.15) is 11.6 Å². The van der Waals surface area contributed by atoms with Crippen LogP contribution < -0.4 is 0 Å². The summed E-state index contributed by atoms with van der Waals surface area (Å²) >= 11 is 0. The van der Waals surface area contributed by atoms with Gasteiger partial charge in [-0.15, -0.1) is 0 Å². The molecular weight excluding hydrogens is 406 g/mol. The Balaban J connectivity index is 1.58. The molecule has 2 amide bonds. The van der Waals surface area contributed by atoms with E-state index >= 15 is 0 Å². The van der Waals surface area contributed by atoms with E-state index in [1.165, 1.54) is 19.3 Å². The molecule has 3 rings (SSSR count). The van der Waals surface area contributed by atoms with Gasteiger partial charge in [0.05, 0.1) is 13.2 Å². The summed E-state index contributed by atoms with van der Waals surface area (Å²) in [6.45, 7) is 11.1. The van der Waals surface area contributed by atoms with E-state index in [2.05, 4.69) is 4.90 Å². The third-order valence-electron chi connectivity index (χ3n) is 5.95. The summed E-state index contributed by atoms with van der Waals surface area (Å²) in [4.78, 5) is 32.0. The molecule has 32 heavy (non-hydrogen) atoms. The molecule has 0 aromatic heterocycles. The van der Waals surface area contributed by atoms with Crippen LogP contribution in [0.15, 0.2) is 30.3 Å². The highest BCUT2D eigenvalue weighted by Crippen LogP contribution is 2.18. The molecule has 2 aliphatic rings. The van der Waals surface area contributed by atoms with E-state index in [0.29, 0.717) is 26.2 Å². The Morgan fingerprint density at radius 2 is 1.72 bits per heavy atom. The maximum Gasteiger partial charge on any atom is 0.411 e. The van der Waals surface area contributed by atoms with E-state index < -0.39 is 17.7 Å². The fraction of sp³-hybridized carbons (Fsp3) is 0.680. The maximum absolute atomic E-state index is 13.3. The number of benzene rings is 1. The second-order valence-corrected chi connectivity index (χ2v) is 9.77. The van der Waals surface area contributed by atoms with Crippen LogP contribution in [-0.2, 0) is 20.9 Å². The van der Waals surface area contributed by atoms with Gasteiger partial charge < -0.3 is 19.3 Å². The number of amides is 2. The molecule has 0 radical (unpaired) electrons. The van der Waals surface area contributed by atoms with Gasteiger partial charge in [-0.05, 0) is 65.2 Å². The SMILES string of the molecule is CC(C)(C)OC(=O)N1CCN(CCCN2CCCCC2)C(=O)[C@@H]1COCc1ccccc1. The third kappa shape index (κ3) is 7.48. The van der Waals surface area contributed by atoms with Crippen molar-refractivity contribution in [3.8, 4) is 0 Å². The van der Waals surface area contributed by atoms with Gasteiger partial charge in [-0.2, -0.15) is 0 Å². The lowest BCUT2D eigenvalue weighted by molar-refractivity contribution is -0.144. The molecule has 0 unspecified atom stereocenters. The lowest BCUT2D eigenvalue weighted by atomic mass is 10.1. The first-order valence-corrected chi connectivity index (χ1v) is 12.0. The summed E-state index contributed by atoms with van der Waals surface area (Å²) in [5.41, 5.74) is 0.430. The van der Waals surface area contributed by atoms with Crippen LogP contribution in [0.5, 0.6) is 0 Å². The summed E-state index contributed by atoms with van der Waals surface area (Å²) in [6, 6.07) is 9.20. The van der Waals surface area contributed by atoms with E-state index in [-0.39, 0.29) is 12.5 Å². The van der Waals surface area contributed by atoms with E-state index in [1.54, 1.807) is 4.90 Å². The number of nitrogens with zero attached hydrogens (tertiary/aromatic N) is 3. The number of hydrogen-bond acceptors (Lipinski definition) is 5. The van der Waals surface area contributed by atoms with Crippen LogP contribution in [-0.4, -0.2) is 84.2 Å². The molecule has 7 heteroatoms. The topological polar surface area (TPSA) is 62.3 Å². The molecule has 1 aromatic rings. The largest absolute Gasteiger partial charge is 0.444 e. The van der Waals surface area contributed by atoms with Gasteiger partial charge in [0.15, 0.2) is 0 Å². The average molecular weight is 446 g/mol. The Labute approximate surface area is 192 Å². The van der Waals surface area contributed by atoms with E-state index in [4.69, 9.17) is 9.47 Å². The fourth-order valence-electron chi connectivity index (χ4n) is 4.29. The predicted octanol–water partition coefficient (Wildman–Crippen LogP) is 3.53. The molecule has 178 valence electrons. The molecule has 0 bridgehead atoms. The first-order chi connectivity index (χ1) is 15.3. The van der Waals surface area contributed by atoms with Gasteiger partial charge in [0.2, 0.25) is 5.91 Å². The maximum atomic E-state index is 13.3. The van der Waals surface area contributed by atoms with Crippen LogP contribution in [0, 0.1) is 0 Å². The van der Waals surface area contributed by atoms with Gasteiger partial charge in [0.25, 0.3) is 0 Å². The van der Waals surface area contributed by atoms with Crippen molar-refractivity contribution in [3.63, 3.8) is 0 Å². The molecule has 7 nitrogen and oxygen atoms in total. The summed E-state index contributed by atoms with van der Waals surface area (Å²) < 4.78 is 11.5. The van der Waals surface area contributed by atoms with Crippen LogP contribution in [0.4, 0.5) is 4.79 Å². The van der Waals surface area contributed by atoms with Crippen LogP contribution in [0.1, 0.15) is 52.0 Å². The summed E-state index contributed by atoms with van der Waals surface area (Å²) in [5, 5.41) is 0. The Hall–Kier alpha value is -2.12. The standard InChI is InChI=1S/C25H39N3O4/c1-25(2,3)32-24(30)28-18-17-27(16-10-15-26-13-8-5-9-14-26)23(29)22(28)20-31-19-21-11-6-4-7-12-21/h4,6-7,11-12,22H,5,8-10,13-20H2,1-3H3/t22-/m0/s1. The number of likely N-dealkylation sites (tertiary alicyclic amines) is 1. The number of hydrogen-bond donors (Lipinski definition) is 0. The Morgan fingerprint density at radius 3 is 2.41 bits per heavy atom. The van der Waals surface area contributed by atoms with Crippen molar-refractivity contribution in [2.45, 2.75) is 64.7 Å². The zero-order valence-corrected chi connectivity index (χ0v) is 19.9. The number of piperidine rings is 1. The first kappa shape index (κ1) is 24.5. The molecule has 2 heterocycles. The van der Waals surface area contributed by atoms with Crippen molar-refractivity contribution in [1.29, 1.82) is 0 Å². The van der Waals surface area contributed by atoms with E-state index in [9.17, 15) is 9.59 Å². The first-order valence-electron chi connectivity index (χ1n) is 12.0. The minimum Gasteiger partial charge on any atom is -0.444 e. The molecule has 2 fully saturated rings. The van der Waals surface area contributed by atoms with Crippen molar-refractivity contribution < 1.29 is 19.1 Å². The Morgan fingerprint density at radius 1 is 1.00 bits per heavy atom. The average Bonchev–Trinajstić information content (AvgIpc) is 2.76. The zero-order chi connectivity index (χ0) is 23.0. The molecule has 0 spiro atoms. The molecular formula is C25H39N3O4. The number of rotatable bonds is 8. The molecule has 0 saturated carbocycles. The second kappa shape index (κ2) is 11.7.